The molecule has 0 atom stereocenters. The highest BCUT2D eigenvalue weighted by Crippen LogP contribution is 2.31. The molecule has 4 nitrogen and oxygen atoms in total. The van der Waals surface area contributed by atoms with E-state index in [9.17, 15) is 5.26 Å². The summed E-state index contributed by atoms with van der Waals surface area (Å²) in [7, 11) is 3.38. The smallest absolute Gasteiger partial charge is 0.147 e. The number of hydrogen-bond acceptors (Lipinski definition) is 3. The zero-order chi connectivity index (χ0) is 13.3. The van der Waals surface area contributed by atoms with Gasteiger partial charge in [0.1, 0.15) is 29.0 Å². The summed E-state index contributed by atoms with van der Waals surface area (Å²) in [5.41, 5.74) is 1.97. The number of benzene rings is 1. The topological polar surface area (TPSA) is 50.8 Å². The Labute approximate surface area is 110 Å². The Bertz CT molecular complexity index is 640. The van der Waals surface area contributed by atoms with E-state index in [1.54, 1.807) is 23.8 Å². The molecule has 18 heavy (non-hydrogen) atoms. The molecule has 0 bridgehead atoms. The highest BCUT2D eigenvalue weighted by molar-refractivity contribution is 6.32. The third-order valence-corrected chi connectivity index (χ3v) is 3.15. The lowest BCUT2D eigenvalue weighted by Gasteiger charge is -2.04. The van der Waals surface area contributed by atoms with Crippen LogP contribution in [0.15, 0.2) is 18.2 Å². The summed E-state index contributed by atoms with van der Waals surface area (Å²) in [6.07, 6.45) is 0. The number of nitrogens with zero attached hydrogens (tertiary/aromatic N) is 3. The van der Waals surface area contributed by atoms with Crippen LogP contribution in [0.3, 0.4) is 0 Å². The van der Waals surface area contributed by atoms with Crippen LogP contribution in [0.25, 0.3) is 11.3 Å². The molecular weight excluding hydrogens is 250 g/mol. The molecule has 1 aromatic carbocycles. The fourth-order valence-corrected chi connectivity index (χ4v) is 2.01. The maximum atomic E-state index is 9.18. The van der Waals surface area contributed by atoms with E-state index in [-0.39, 0.29) is 0 Å². The van der Waals surface area contributed by atoms with Crippen LogP contribution in [0, 0.1) is 18.3 Å². The van der Waals surface area contributed by atoms with Gasteiger partial charge in [-0.1, -0.05) is 11.6 Å². The molecule has 0 aliphatic carbocycles. The van der Waals surface area contributed by atoms with Crippen LogP contribution in [-0.4, -0.2) is 16.7 Å². The van der Waals surface area contributed by atoms with Crippen molar-refractivity contribution in [2.24, 2.45) is 7.05 Å². The van der Waals surface area contributed by atoms with E-state index >= 15 is 0 Å². The van der Waals surface area contributed by atoms with Gasteiger partial charge in [-0.15, -0.1) is 0 Å². The van der Waals surface area contributed by atoms with E-state index in [0.29, 0.717) is 22.2 Å². The standard InChI is InChI=1S/C13H12ClN3O/c1-8-16-13(11(7-15)17(8)2)9-4-5-12(18-3)10(14)6-9/h4-6H,1-3H3. The van der Waals surface area contributed by atoms with Gasteiger partial charge >= 0.3 is 0 Å². The normalized spacial score (nSPS) is 10.2. The van der Waals surface area contributed by atoms with Crippen molar-refractivity contribution in [2.75, 3.05) is 7.11 Å². The summed E-state index contributed by atoms with van der Waals surface area (Å²) < 4.78 is 6.86. The summed E-state index contributed by atoms with van der Waals surface area (Å²) >= 11 is 6.08. The number of aromatic nitrogens is 2. The maximum Gasteiger partial charge on any atom is 0.147 e. The predicted molar refractivity (Wildman–Crippen MR) is 69.7 cm³/mol. The number of methoxy groups -OCH3 is 1. The second-order valence-corrected chi connectivity index (χ2v) is 4.28. The first-order valence-corrected chi connectivity index (χ1v) is 5.73. The maximum absolute atomic E-state index is 9.18. The molecule has 0 spiro atoms. The third-order valence-electron chi connectivity index (χ3n) is 2.85. The van der Waals surface area contributed by atoms with Crippen LogP contribution in [-0.2, 0) is 7.05 Å². The SMILES string of the molecule is COc1ccc(-c2nc(C)n(C)c2C#N)cc1Cl. The Kier molecular flexibility index (Phi) is 3.26. The van der Waals surface area contributed by atoms with Crippen molar-refractivity contribution in [3.8, 4) is 23.1 Å². The molecule has 0 aliphatic heterocycles. The molecule has 0 radical (unpaired) electrons. The number of imidazole rings is 1. The van der Waals surface area contributed by atoms with Gasteiger partial charge in [-0.25, -0.2) is 4.98 Å². The first kappa shape index (κ1) is 12.5. The van der Waals surface area contributed by atoms with Gasteiger partial charge in [0.25, 0.3) is 0 Å². The largest absolute Gasteiger partial charge is 0.495 e. The molecule has 2 aromatic rings. The van der Waals surface area contributed by atoms with Gasteiger partial charge in [0.05, 0.1) is 12.1 Å². The summed E-state index contributed by atoms with van der Waals surface area (Å²) in [5, 5.41) is 9.68. The number of halogens is 1. The monoisotopic (exact) mass is 261 g/mol. The van der Waals surface area contributed by atoms with E-state index in [0.717, 1.165) is 11.4 Å². The molecule has 1 heterocycles. The van der Waals surface area contributed by atoms with E-state index in [1.165, 1.54) is 0 Å². The Hall–Kier alpha value is -1.99. The van der Waals surface area contributed by atoms with Crippen LogP contribution in [0.1, 0.15) is 11.5 Å². The second kappa shape index (κ2) is 4.71. The van der Waals surface area contributed by atoms with Gasteiger partial charge in [-0.3, -0.25) is 0 Å². The lowest BCUT2D eigenvalue weighted by Crippen LogP contribution is -1.94. The molecular formula is C13H12ClN3O. The number of rotatable bonds is 2. The zero-order valence-electron chi connectivity index (χ0n) is 10.4. The molecule has 1 aromatic heterocycles. The molecule has 0 fully saturated rings. The minimum atomic E-state index is 0.502. The highest BCUT2D eigenvalue weighted by atomic mass is 35.5. The Morgan fingerprint density at radius 2 is 2.17 bits per heavy atom. The summed E-state index contributed by atoms with van der Waals surface area (Å²) in [6.45, 7) is 1.86. The molecule has 0 amide bonds. The second-order valence-electron chi connectivity index (χ2n) is 3.88. The van der Waals surface area contributed by atoms with Crippen LogP contribution >= 0.6 is 11.6 Å². The average molecular weight is 262 g/mol. The first-order valence-electron chi connectivity index (χ1n) is 5.35. The van der Waals surface area contributed by atoms with Gasteiger partial charge < -0.3 is 9.30 Å². The fraction of sp³-hybridized carbons (Fsp3) is 0.231. The zero-order valence-corrected chi connectivity index (χ0v) is 11.1. The van der Waals surface area contributed by atoms with Crippen LogP contribution in [0.5, 0.6) is 5.75 Å². The van der Waals surface area contributed by atoms with Crippen LogP contribution in [0.2, 0.25) is 5.02 Å². The Morgan fingerprint density at radius 1 is 1.44 bits per heavy atom. The molecule has 0 N–H and O–H groups in total. The van der Waals surface area contributed by atoms with E-state index < -0.39 is 0 Å². The Balaban J connectivity index is 2.60. The van der Waals surface area contributed by atoms with Crippen molar-refractivity contribution in [1.82, 2.24) is 9.55 Å². The fourth-order valence-electron chi connectivity index (χ4n) is 1.75. The quantitative estimate of drug-likeness (QED) is 0.835. The van der Waals surface area contributed by atoms with Gasteiger partial charge in [0, 0.05) is 12.6 Å². The van der Waals surface area contributed by atoms with Crippen molar-refractivity contribution in [3.63, 3.8) is 0 Å². The summed E-state index contributed by atoms with van der Waals surface area (Å²) in [6, 6.07) is 7.52. The van der Waals surface area contributed by atoms with Gasteiger partial charge in [0.15, 0.2) is 0 Å². The lowest BCUT2D eigenvalue weighted by molar-refractivity contribution is 0.415. The van der Waals surface area contributed by atoms with E-state index in [1.807, 2.05) is 20.0 Å². The molecule has 0 saturated heterocycles. The van der Waals surface area contributed by atoms with Gasteiger partial charge in [-0.05, 0) is 25.1 Å². The number of aryl methyl sites for hydroxylation is 1. The lowest BCUT2D eigenvalue weighted by atomic mass is 10.1. The average Bonchev–Trinajstić information content (AvgIpc) is 2.65. The van der Waals surface area contributed by atoms with E-state index in [4.69, 9.17) is 16.3 Å². The van der Waals surface area contributed by atoms with Crippen molar-refractivity contribution in [2.45, 2.75) is 6.92 Å². The molecule has 5 heteroatoms. The van der Waals surface area contributed by atoms with Gasteiger partial charge in [-0.2, -0.15) is 5.26 Å². The first-order chi connectivity index (χ1) is 8.58. The van der Waals surface area contributed by atoms with E-state index in [2.05, 4.69) is 11.1 Å². The predicted octanol–water partition coefficient (Wildman–Crippen LogP) is 2.93. The van der Waals surface area contributed by atoms with Crippen LogP contribution < -0.4 is 4.74 Å². The van der Waals surface area contributed by atoms with Crippen molar-refractivity contribution in [1.29, 1.82) is 5.26 Å². The van der Waals surface area contributed by atoms with Crippen LogP contribution in [0.4, 0.5) is 0 Å². The van der Waals surface area contributed by atoms with Crippen molar-refractivity contribution in [3.05, 3.63) is 34.7 Å². The molecule has 0 unspecified atom stereocenters. The third kappa shape index (κ3) is 1.93. The van der Waals surface area contributed by atoms with Crippen molar-refractivity contribution >= 4 is 11.6 Å². The summed E-state index contributed by atoms with van der Waals surface area (Å²) in [5.74, 6) is 1.39. The number of nitriles is 1. The van der Waals surface area contributed by atoms with Gasteiger partial charge in [0.2, 0.25) is 0 Å². The molecule has 0 saturated carbocycles. The molecule has 92 valence electrons. The number of hydrogen-bond donors (Lipinski definition) is 0. The van der Waals surface area contributed by atoms with Crippen molar-refractivity contribution < 1.29 is 4.74 Å². The summed E-state index contributed by atoms with van der Waals surface area (Å²) in [4.78, 5) is 4.39. The molecule has 2 rings (SSSR count). The minimum Gasteiger partial charge on any atom is -0.495 e. The Morgan fingerprint density at radius 3 is 2.72 bits per heavy atom. The molecule has 0 aliphatic rings. The number of ether oxygens (including phenoxy) is 1. The minimum absolute atomic E-state index is 0.502. The highest BCUT2D eigenvalue weighted by Gasteiger charge is 2.14.